The lowest BCUT2D eigenvalue weighted by molar-refractivity contribution is -0.122. The Hall–Kier alpha value is -3.20. The molecular weight excluding hydrogens is 346 g/mol. The van der Waals surface area contributed by atoms with Crippen LogP contribution in [-0.2, 0) is 11.3 Å². The largest absolute Gasteiger partial charge is 0.435 e. The molecule has 2 amide bonds. The van der Waals surface area contributed by atoms with E-state index in [-0.39, 0.29) is 30.1 Å². The highest BCUT2D eigenvalue weighted by Gasteiger charge is 2.17. The molecule has 0 aromatic heterocycles. The van der Waals surface area contributed by atoms with Crippen LogP contribution in [0.5, 0.6) is 5.75 Å². The third-order valence-corrected chi connectivity index (χ3v) is 3.40. The summed E-state index contributed by atoms with van der Waals surface area (Å²) in [7, 11) is 0. The van der Waals surface area contributed by atoms with E-state index in [1.165, 1.54) is 30.3 Å². The number of hydrogen-bond donors (Lipinski definition) is 3. The van der Waals surface area contributed by atoms with E-state index in [9.17, 15) is 18.4 Å². The number of carbonyl (C=O) groups excluding carboxylic acids is 2. The molecule has 26 heavy (non-hydrogen) atoms. The van der Waals surface area contributed by atoms with Crippen molar-refractivity contribution in [3.05, 3.63) is 59.7 Å². The normalized spacial score (nSPS) is 10.5. The molecule has 9 heteroatoms. The van der Waals surface area contributed by atoms with Gasteiger partial charge in [0.25, 0.3) is 5.91 Å². The van der Waals surface area contributed by atoms with Crippen molar-refractivity contribution in [3.63, 3.8) is 0 Å². The fourth-order valence-corrected chi connectivity index (χ4v) is 2.12. The zero-order valence-electron chi connectivity index (χ0n) is 13.7. The van der Waals surface area contributed by atoms with Crippen LogP contribution in [0.3, 0.4) is 0 Å². The lowest BCUT2D eigenvalue weighted by Crippen LogP contribution is -2.44. The number of rotatable bonds is 7. The first kappa shape index (κ1) is 19.1. The summed E-state index contributed by atoms with van der Waals surface area (Å²) < 4.78 is 28.4. The van der Waals surface area contributed by atoms with E-state index in [1.54, 1.807) is 18.2 Å². The number of nitrogens with one attached hydrogen (secondary N) is 1. The summed E-state index contributed by atoms with van der Waals surface area (Å²) in [6, 6.07) is 12.2. The molecule has 138 valence electrons. The highest BCUT2D eigenvalue weighted by atomic mass is 19.3. The van der Waals surface area contributed by atoms with E-state index in [1.807, 2.05) is 0 Å². The van der Waals surface area contributed by atoms with E-state index in [0.29, 0.717) is 5.56 Å². The fourth-order valence-electron chi connectivity index (χ4n) is 2.12. The van der Waals surface area contributed by atoms with Crippen LogP contribution in [0.25, 0.3) is 0 Å². The summed E-state index contributed by atoms with van der Waals surface area (Å²) in [4.78, 5) is 24.1. The molecule has 2 aromatic carbocycles. The van der Waals surface area contributed by atoms with Gasteiger partial charge in [0.05, 0.1) is 5.56 Å². The van der Waals surface area contributed by atoms with Crippen LogP contribution in [0, 0.1) is 0 Å². The van der Waals surface area contributed by atoms with Crippen molar-refractivity contribution in [2.75, 3.05) is 12.3 Å². The van der Waals surface area contributed by atoms with Crippen LogP contribution in [-0.4, -0.2) is 30.0 Å². The number of alkyl halides is 2. The van der Waals surface area contributed by atoms with Gasteiger partial charge in [-0.05, 0) is 29.8 Å². The highest BCUT2D eigenvalue weighted by molar-refractivity contribution is 6.00. The van der Waals surface area contributed by atoms with E-state index in [0.717, 1.165) is 5.01 Å². The maximum absolute atomic E-state index is 12.2. The number of anilines is 1. The zero-order valence-corrected chi connectivity index (χ0v) is 13.7. The summed E-state index contributed by atoms with van der Waals surface area (Å²) in [5, 5.41) is 3.34. The summed E-state index contributed by atoms with van der Waals surface area (Å²) in [6.45, 7) is -3.12. The average molecular weight is 364 g/mol. The molecule has 0 heterocycles. The highest BCUT2D eigenvalue weighted by Crippen LogP contribution is 2.15. The number of nitrogen functional groups attached to an aromatic ring is 1. The predicted molar refractivity (Wildman–Crippen MR) is 91.0 cm³/mol. The molecule has 2 rings (SSSR count). The molecular formula is C17H18F2N4O3. The second kappa shape index (κ2) is 8.77. The lowest BCUT2D eigenvalue weighted by atomic mass is 10.1. The summed E-state index contributed by atoms with van der Waals surface area (Å²) >= 11 is 0. The van der Waals surface area contributed by atoms with Gasteiger partial charge in [-0.15, -0.1) is 0 Å². The molecule has 0 aliphatic carbocycles. The number of carbonyl (C=O) groups is 2. The molecule has 0 saturated carbocycles. The molecule has 0 aliphatic rings. The minimum atomic E-state index is -2.90. The standard InChI is InChI=1S/C17H18F2N4O3/c18-17(19)26-12-7-5-11(6-8-12)9-22-15(24)10-23(21)16(25)13-3-1-2-4-14(13)20/h1-8,17H,9-10,20-21H2,(H,22,24). The SMILES string of the molecule is Nc1ccccc1C(=O)N(N)CC(=O)NCc1ccc(OC(F)F)cc1. The number of amides is 2. The summed E-state index contributed by atoms with van der Waals surface area (Å²) in [5.41, 5.74) is 6.84. The molecule has 2 aromatic rings. The third kappa shape index (κ3) is 5.42. The van der Waals surface area contributed by atoms with Gasteiger partial charge in [0.1, 0.15) is 12.3 Å². The minimum absolute atomic E-state index is 0.0225. The van der Waals surface area contributed by atoms with Gasteiger partial charge in [-0.3, -0.25) is 14.6 Å². The van der Waals surface area contributed by atoms with Gasteiger partial charge in [-0.25, -0.2) is 5.84 Å². The van der Waals surface area contributed by atoms with Crippen molar-refractivity contribution < 1.29 is 23.1 Å². The fraction of sp³-hybridized carbons (Fsp3) is 0.176. The molecule has 0 spiro atoms. The predicted octanol–water partition coefficient (Wildman–Crippen LogP) is 1.50. The molecule has 0 unspecified atom stereocenters. The first-order valence-corrected chi connectivity index (χ1v) is 7.58. The molecule has 5 N–H and O–H groups in total. The van der Waals surface area contributed by atoms with Gasteiger partial charge < -0.3 is 15.8 Å². The second-order valence-corrected chi connectivity index (χ2v) is 5.32. The Balaban J connectivity index is 1.84. The van der Waals surface area contributed by atoms with Crippen molar-refractivity contribution in [3.8, 4) is 5.75 Å². The number of hydrogen-bond acceptors (Lipinski definition) is 5. The maximum Gasteiger partial charge on any atom is 0.387 e. The average Bonchev–Trinajstić information content (AvgIpc) is 2.60. The van der Waals surface area contributed by atoms with Crippen LogP contribution in [0.15, 0.2) is 48.5 Å². The van der Waals surface area contributed by atoms with Gasteiger partial charge in [0.2, 0.25) is 5.91 Å². The van der Waals surface area contributed by atoms with Crippen molar-refractivity contribution in [2.24, 2.45) is 5.84 Å². The first-order valence-electron chi connectivity index (χ1n) is 7.58. The maximum atomic E-state index is 12.2. The Bertz CT molecular complexity index is 769. The monoisotopic (exact) mass is 364 g/mol. The van der Waals surface area contributed by atoms with Crippen LogP contribution in [0.4, 0.5) is 14.5 Å². The van der Waals surface area contributed by atoms with Gasteiger partial charge in [0.15, 0.2) is 0 Å². The lowest BCUT2D eigenvalue weighted by Gasteiger charge is -2.17. The molecule has 0 fully saturated rings. The van der Waals surface area contributed by atoms with Crippen molar-refractivity contribution >= 4 is 17.5 Å². The summed E-state index contributed by atoms with van der Waals surface area (Å²) in [5.74, 6) is 4.60. The molecule has 7 nitrogen and oxygen atoms in total. The van der Waals surface area contributed by atoms with E-state index < -0.39 is 18.4 Å². The molecule has 0 aliphatic heterocycles. The number of hydrazine groups is 1. The first-order chi connectivity index (χ1) is 12.4. The van der Waals surface area contributed by atoms with Crippen LogP contribution >= 0.6 is 0 Å². The Kier molecular flexibility index (Phi) is 6.45. The smallest absolute Gasteiger partial charge is 0.387 e. The Morgan fingerprint density at radius 2 is 1.77 bits per heavy atom. The quantitative estimate of drug-likeness (QED) is 0.298. The third-order valence-electron chi connectivity index (χ3n) is 3.40. The van der Waals surface area contributed by atoms with E-state index in [4.69, 9.17) is 11.6 Å². The van der Waals surface area contributed by atoms with E-state index in [2.05, 4.69) is 10.1 Å². The Morgan fingerprint density at radius 1 is 1.12 bits per heavy atom. The number of halogens is 2. The Morgan fingerprint density at radius 3 is 2.38 bits per heavy atom. The Labute approximate surface area is 148 Å². The number of nitrogens with zero attached hydrogens (tertiary/aromatic N) is 1. The summed E-state index contributed by atoms with van der Waals surface area (Å²) in [6.07, 6.45) is 0. The molecule has 0 saturated heterocycles. The van der Waals surface area contributed by atoms with E-state index >= 15 is 0 Å². The van der Waals surface area contributed by atoms with Gasteiger partial charge in [0, 0.05) is 12.2 Å². The van der Waals surface area contributed by atoms with Gasteiger partial charge >= 0.3 is 6.61 Å². The number of ether oxygens (including phenoxy) is 1. The number of nitrogens with two attached hydrogens (primary N) is 2. The van der Waals surface area contributed by atoms with Crippen LogP contribution in [0.2, 0.25) is 0 Å². The second-order valence-electron chi connectivity index (χ2n) is 5.32. The van der Waals surface area contributed by atoms with Gasteiger partial charge in [-0.2, -0.15) is 8.78 Å². The molecule has 0 bridgehead atoms. The van der Waals surface area contributed by atoms with Gasteiger partial charge in [-0.1, -0.05) is 24.3 Å². The van der Waals surface area contributed by atoms with Crippen LogP contribution < -0.4 is 21.6 Å². The van der Waals surface area contributed by atoms with Crippen molar-refractivity contribution in [1.82, 2.24) is 10.3 Å². The minimum Gasteiger partial charge on any atom is -0.435 e. The number of benzene rings is 2. The topological polar surface area (TPSA) is 111 Å². The van der Waals surface area contributed by atoms with Crippen molar-refractivity contribution in [1.29, 1.82) is 0 Å². The molecule has 0 radical (unpaired) electrons. The zero-order chi connectivity index (χ0) is 19.1. The number of para-hydroxylation sites is 1. The van der Waals surface area contributed by atoms with Crippen LogP contribution in [0.1, 0.15) is 15.9 Å². The molecule has 0 atom stereocenters. The van der Waals surface area contributed by atoms with Crippen molar-refractivity contribution in [2.45, 2.75) is 13.2 Å².